The molecule has 0 spiro atoms. The first-order valence-electron chi connectivity index (χ1n) is 5.83. The Balaban J connectivity index is 2.90. The van der Waals surface area contributed by atoms with Gasteiger partial charge in [-0.1, -0.05) is 13.8 Å². The van der Waals surface area contributed by atoms with Crippen molar-refractivity contribution in [2.75, 3.05) is 0 Å². The Labute approximate surface area is 106 Å². The molecule has 0 amide bonds. The number of carboxylic acid groups (broad SMARTS) is 1. The zero-order valence-electron chi connectivity index (χ0n) is 10.7. The van der Waals surface area contributed by atoms with Gasteiger partial charge in [-0.05, 0) is 31.0 Å². The van der Waals surface area contributed by atoms with Gasteiger partial charge in [-0.15, -0.1) is 0 Å². The van der Waals surface area contributed by atoms with E-state index in [1.165, 1.54) is 18.2 Å². The summed E-state index contributed by atoms with van der Waals surface area (Å²) in [7, 11) is 0. The standard InChI is InChI=1S/C13H19NO4/c1-7(2)12(13(17)18)14-8(3)10-6-9(15)4-5-11(10)16/h4-8,12,14-16H,1-3H3,(H,17,18). The fourth-order valence-electron chi connectivity index (χ4n) is 1.80. The van der Waals surface area contributed by atoms with Crippen molar-refractivity contribution in [3.8, 4) is 11.5 Å². The van der Waals surface area contributed by atoms with E-state index >= 15 is 0 Å². The molecular weight excluding hydrogens is 234 g/mol. The van der Waals surface area contributed by atoms with Crippen LogP contribution in [0.3, 0.4) is 0 Å². The van der Waals surface area contributed by atoms with Crippen LogP contribution in [-0.4, -0.2) is 27.3 Å². The van der Waals surface area contributed by atoms with Crippen LogP contribution in [-0.2, 0) is 4.79 Å². The second-order valence-corrected chi connectivity index (χ2v) is 4.69. The number of aromatic hydroxyl groups is 2. The van der Waals surface area contributed by atoms with Crippen molar-refractivity contribution in [2.24, 2.45) is 5.92 Å². The van der Waals surface area contributed by atoms with Gasteiger partial charge in [-0.3, -0.25) is 10.1 Å². The van der Waals surface area contributed by atoms with E-state index in [0.717, 1.165) is 0 Å². The Morgan fingerprint density at radius 1 is 1.22 bits per heavy atom. The fourth-order valence-corrected chi connectivity index (χ4v) is 1.80. The maximum atomic E-state index is 11.1. The summed E-state index contributed by atoms with van der Waals surface area (Å²) in [6.45, 7) is 5.36. The molecule has 0 aliphatic rings. The Bertz CT molecular complexity index is 431. The van der Waals surface area contributed by atoms with Crippen LogP contribution < -0.4 is 5.32 Å². The number of hydrogen-bond donors (Lipinski definition) is 4. The first-order chi connectivity index (χ1) is 8.32. The molecule has 100 valence electrons. The monoisotopic (exact) mass is 253 g/mol. The van der Waals surface area contributed by atoms with Crippen LogP contribution in [0.1, 0.15) is 32.4 Å². The maximum Gasteiger partial charge on any atom is 0.320 e. The van der Waals surface area contributed by atoms with E-state index in [1.54, 1.807) is 20.8 Å². The molecule has 0 radical (unpaired) electrons. The molecule has 2 unspecified atom stereocenters. The van der Waals surface area contributed by atoms with Crippen molar-refractivity contribution in [1.29, 1.82) is 0 Å². The van der Waals surface area contributed by atoms with Crippen LogP contribution in [0.15, 0.2) is 18.2 Å². The van der Waals surface area contributed by atoms with Gasteiger partial charge in [0.25, 0.3) is 0 Å². The Hall–Kier alpha value is -1.75. The SMILES string of the molecule is CC(NC(C(=O)O)C(C)C)c1cc(O)ccc1O. The minimum Gasteiger partial charge on any atom is -0.508 e. The molecule has 1 aromatic carbocycles. The lowest BCUT2D eigenvalue weighted by Crippen LogP contribution is -2.42. The quantitative estimate of drug-likeness (QED) is 0.601. The minimum atomic E-state index is -0.934. The van der Waals surface area contributed by atoms with E-state index < -0.39 is 12.0 Å². The molecule has 5 nitrogen and oxygen atoms in total. The maximum absolute atomic E-state index is 11.1. The molecule has 0 heterocycles. The Morgan fingerprint density at radius 2 is 1.83 bits per heavy atom. The highest BCUT2D eigenvalue weighted by molar-refractivity contribution is 5.73. The molecule has 0 aromatic heterocycles. The molecule has 0 saturated heterocycles. The number of carbonyl (C=O) groups is 1. The van der Waals surface area contributed by atoms with Crippen molar-refractivity contribution >= 4 is 5.97 Å². The number of nitrogens with one attached hydrogen (secondary N) is 1. The number of rotatable bonds is 5. The van der Waals surface area contributed by atoms with Gasteiger partial charge in [0, 0.05) is 11.6 Å². The third-order valence-corrected chi connectivity index (χ3v) is 2.84. The van der Waals surface area contributed by atoms with Gasteiger partial charge in [0.05, 0.1) is 0 Å². The summed E-state index contributed by atoms with van der Waals surface area (Å²) in [6.07, 6.45) is 0. The second kappa shape index (κ2) is 5.73. The first kappa shape index (κ1) is 14.3. The fraction of sp³-hybridized carbons (Fsp3) is 0.462. The van der Waals surface area contributed by atoms with Gasteiger partial charge >= 0.3 is 5.97 Å². The van der Waals surface area contributed by atoms with E-state index in [9.17, 15) is 15.0 Å². The summed E-state index contributed by atoms with van der Waals surface area (Å²) in [5.41, 5.74) is 0.474. The van der Waals surface area contributed by atoms with E-state index in [0.29, 0.717) is 5.56 Å². The molecule has 2 atom stereocenters. The lowest BCUT2D eigenvalue weighted by Gasteiger charge is -2.23. The number of phenols is 2. The number of phenolic OH excluding ortho intramolecular Hbond substituents is 2. The topological polar surface area (TPSA) is 89.8 Å². The highest BCUT2D eigenvalue weighted by atomic mass is 16.4. The summed E-state index contributed by atoms with van der Waals surface area (Å²) in [5, 5.41) is 31.1. The summed E-state index contributed by atoms with van der Waals surface area (Å²) >= 11 is 0. The van der Waals surface area contributed by atoms with Crippen molar-refractivity contribution < 1.29 is 20.1 Å². The van der Waals surface area contributed by atoms with Crippen LogP contribution in [0.5, 0.6) is 11.5 Å². The summed E-state index contributed by atoms with van der Waals surface area (Å²) < 4.78 is 0. The summed E-state index contributed by atoms with van der Waals surface area (Å²) in [6, 6.07) is 3.10. The van der Waals surface area contributed by atoms with Gasteiger partial charge in [-0.2, -0.15) is 0 Å². The van der Waals surface area contributed by atoms with Crippen molar-refractivity contribution in [3.63, 3.8) is 0 Å². The Morgan fingerprint density at radius 3 is 2.33 bits per heavy atom. The number of carboxylic acids is 1. The summed E-state index contributed by atoms with van der Waals surface area (Å²) in [5.74, 6) is -0.950. The van der Waals surface area contributed by atoms with Crippen molar-refractivity contribution in [1.82, 2.24) is 5.32 Å². The molecule has 1 aromatic rings. The van der Waals surface area contributed by atoms with Crippen LogP contribution >= 0.6 is 0 Å². The van der Waals surface area contributed by atoms with Gasteiger partial charge in [0.2, 0.25) is 0 Å². The normalized spacial score (nSPS) is 14.4. The van der Waals surface area contributed by atoms with Gasteiger partial charge in [0.15, 0.2) is 0 Å². The molecule has 5 heteroatoms. The molecule has 0 saturated carbocycles. The zero-order chi connectivity index (χ0) is 13.9. The van der Waals surface area contributed by atoms with E-state index in [-0.39, 0.29) is 23.5 Å². The van der Waals surface area contributed by atoms with Crippen LogP contribution in [0.4, 0.5) is 0 Å². The van der Waals surface area contributed by atoms with E-state index in [2.05, 4.69) is 5.32 Å². The molecule has 0 aliphatic carbocycles. The smallest absolute Gasteiger partial charge is 0.320 e. The Kier molecular flexibility index (Phi) is 4.55. The molecule has 18 heavy (non-hydrogen) atoms. The highest BCUT2D eigenvalue weighted by Crippen LogP contribution is 2.28. The van der Waals surface area contributed by atoms with Crippen LogP contribution in [0, 0.1) is 5.92 Å². The lowest BCUT2D eigenvalue weighted by atomic mass is 10.0. The van der Waals surface area contributed by atoms with Crippen LogP contribution in [0.2, 0.25) is 0 Å². The average molecular weight is 253 g/mol. The molecule has 4 N–H and O–H groups in total. The highest BCUT2D eigenvalue weighted by Gasteiger charge is 2.24. The predicted molar refractivity (Wildman–Crippen MR) is 67.6 cm³/mol. The summed E-state index contributed by atoms with van der Waals surface area (Å²) in [4.78, 5) is 11.1. The van der Waals surface area contributed by atoms with Crippen molar-refractivity contribution in [2.45, 2.75) is 32.9 Å². The zero-order valence-corrected chi connectivity index (χ0v) is 10.7. The number of benzene rings is 1. The minimum absolute atomic E-state index is 0.0284. The molecule has 0 aliphatic heterocycles. The lowest BCUT2D eigenvalue weighted by molar-refractivity contribution is -0.140. The largest absolute Gasteiger partial charge is 0.508 e. The average Bonchev–Trinajstić information content (AvgIpc) is 2.28. The molecule has 1 rings (SSSR count). The van der Waals surface area contributed by atoms with Gasteiger partial charge in [0.1, 0.15) is 17.5 Å². The third-order valence-electron chi connectivity index (χ3n) is 2.84. The predicted octanol–water partition coefficient (Wildman–Crippen LogP) is 1.86. The van der Waals surface area contributed by atoms with E-state index in [1.807, 2.05) is 0 Å². The molecule has 0 fully saturated rings. The van der Waals surface area contributed by atoms with Gasteiger partial charge < -0.3 is 15.3 Å². The van der Waals surface area contributed by atoms with Gasteiger partial charge in [-0.25, -0.2) is 0 Å². The molecule has 0 bridgehead atoms. The third kappa shape index (κ3) is 3.37. The van der Waals surface area contributed by atoms with Crippen LogP contribution in [0.25, 0.3) is 0 Å². The van der Waals surface area contributed by atoms with E-state index in [4.69, 9.17) is 5.11 Å². The van der Waals surface area contributed by atoms with Crippen molar-refractivity contribution in [3.05, 3.63) is 23.8 Å². The first-order valence-corrected chi connectivity index (χ1v) is 5.83. The number of aliphatic carboxylic acids is 1. The number of hydrogen-bond acceptors (Lipinski definition) is 4. The molecular formula is C13H19NO4. The second-order valence-electron chi connectivity index (χ2n) is 4.69.